The molecule has 0 spiro atoms. The van der Waals surface area contributed by atoms with Crippen LogP contribution in [0.4, 0.5) is 10.5 Å². The molecule has 2 aliphatic rings. The van der Waals surface area contributed by atoms with Crippen molar-refractivity contribution in [3.63, 3.8) is 0 Å². The number of carbonyl (C=O) groups is 2. The standard InChI is InChI=1S/C20H28ClN3O3/c1-20(2,3)27-19(26)24-10-4-5-17(24)18(25)23-13-11-22(12-14-23)16-8-6-15(21)7-9-16/h6-9,17H,4-5,10-14H2,1-3H3/t17-/m0/s1. The Bertz CT molecular complexity index is 679. The zero-order valence-corrected chi connectivity index (χ0v) is 17.0. The van der Waals surface area contributed by atoms with E-state index in [2.05, 4.69) is 4.90 Å². The van der Waals surface area contributed by atoms with Gasteiger partial charge < -0.3 is 14.5 Å². The van der Waals surface area contributed by atoms with Gasteiger partial charge in [-0.1, -0.05) is 11.6 Å². The Morgan fingerprint density at radius 1 is 1.04 bits per heavy atom. The third-order valence-corrected chi connectivity index (χ3v) is 5.20. The predicted molar refractivity (Wildman–Crippen MR) is 106 cm³/mol. The largest absolute Gasteiger partial charge is 0.444 e. The summed E-state index contributed by atoms with van der Waals surface area (Å²) in [5.41, 5.74) is 0.556. The zero-order chi connectivity index (χ0) is 19.6. The van der Waals surface area contributed by atoms with Crippen molar-refractivity contribution in [2.45, 2.75) is 45.3 Å². The van der Waals surface area contributed by atoms with E-state index in [0.29, 0.717) is 26.1 Å². The molecule has 0 aromatic heterocycles. The lowest BCUT2D eigenvalue weighted by molar-refractivity contribution is -0.136. The van der Waals surface area contributed by atoms with Crippen LogP contribution in [0, 0.1) is 0 Å². The quantitative estimate of drug-likeness (QED) is 0.772. The molecule has 1 aromatic rings. The van der Waals surface area contributed by atoms with E-state index in [0.717, 1.165) is 30.2 Å². The van der Waals surface area contributed by atoms with Crippen molar-refractivity contribution in [3.05, 3.63) is 29.3 Å². The average molecular weight is 394 g/mol. The third-order valence-electron chi connectivity index (χ3n) is 4.95. The number of amides is 2. The first-order valence-electron chi connectivity index (χ1n) is 9.53. The number of carbonyl (C=O) groups excluding carboxylic acids is 2. The zero-order valence-electron chi connectivity index (χ0n) is 16.3. The van der Waals surface area contributed by atoms with Crippen LogP contribution < -0.4 is 4.90 Å². The molecule has 27 heavy (non-hydrogen) atoms. The van der Waals surface area contributed by atoms with Crippen molar-refractivity contribution in [1.82, 2.24) is 9.80 Å². The van der Waals surface area contributed by atoms with Crippen molar-refractivity contribution in [2.75, 3.05) is 37.6 Å². The number of hydrogen-bond donors (Lipinski definition) is 0. The maximum atomic E-state index is 13.0. The van der Waals surface area contributed by atoms with Crippen LogP contribution in [0.2, 0.25) is 5.02 Å². The number of halogens is 1. The molecule has 0 N–H and O–H groups in total. The van der Waals surface area contributed by atoms with E-state index in [4.69, 9.17) is 16.3 Å². The molecule has 3 rings (SSSR count). The predicted octanol–water partition coefficient (Wildman–Crippen LogP) is 3.39. The second-order valence-electron chi connectivity index (χ2n) is 8.12. The lowest BCUT2D eigenvalue weighted by Crippen LogP contribution is -2.54. The molecule has 7 heteroatoms. The number of likely N-dealkylation sites (tertiary alicyclic amines) is 1. The summed E-state index contributed by atoms with van der Waals surface area (Å²) < 4.78 is 5.47. The molecule has 0 unspecified atom stereocenters. The molecule has 2 amide bonds. The van der Waals surface area contributed by atoms with E-state index in [1.54, 1.807) is 4.90 Å². The molecule has 0 bridgehead atoms. The Hall–Kier alpha value is -1.95. The summed E-state index contributed by atoms with van der Waals surface area (Å²) >= 11 is 5.95. The van der Waals surface area contributed by atoms with Crippen LogP contribution in [0.5, 0.6) is 0 Å². The van der Waals surface area contributed by atoms with Gasteiger partial charge in [-0.15, -0.1) is 0 Å². The molecule has 148 valence electrons. The van der Waals surface area contributed by atoms with Crippen molar-refractivity contribution >= 4 is 29.3 Å². The molecular formula is C20H28ClN3O3. The first kappa shape index (κ1) is 19.8. The Kier molecular flexibility index (Phi) is 5.84. The van der Waals surface area contributed by atoms with Crippen LogP contribution in [0.25, 0.3) is 0 Å². The number of nitrogens with zero attached hydrogens (tertiary/aromatic N) is 3. The third kappa shape index (κ3) is 4.86. The normalized spacial score (nSPS) is 20.7. The Labute approximate surface area is 166 Å². The van der Waals surface area contributed by atoms with Gasteiger partial charge in [0.05, 0.1) is 0 Å². The van der Waals surface area contributed by atoms with E-state index in [9.17, 15) is 9.59 Å². The van der Waals surface area contributed by atoms with Crippen LogP contribution in [0.15, 0.2) is 24.3 Å². The van der Waals surface area contributed by atoms with Crippen LogP contribution >= 0.6 is 11.6 Å². The second-order valence-corrected chi connectivity index (χ2v) is 8.56. The summed E-state index contributed by atoms with van der Waals surface area (Å²) in [4.78, 5) is 31.2. The number of rotatable bonds is 2. The molecule has 1 aromatic carbocycles. The minimum atomic E-state index is -0.558. The molecule has 1 atom stereocenters. The Morgan fingerprint density at radius 2 is 1.67 bits per heavy atom. The number of hydrogen-bond acceptors (Lipinski definition) is 4. The van der Waals surface area contributed by atoms with Crippen molar-refractivity contribution in [1.29, 1.82) is 0 Å². The van der Waals surface area contributed by atoms with E-state index in [1.165, 1.54) is 0 Å². The minimum absolute atomic E-state index is 0.0362. The molecular weight excluding hydrogens is 366 g/mol. The van der Waals surface area contributed by atoms with Gasteiger partial charge in [0.15, 0.2) is 0 Å². The van der Waals surface area contributed by atoms with Gasteiger partial charge in [-0.3, -0.25) is 9.69 Å². The van der Waals surface area contributed by atoms with Crippen LogP contribution in [-0.2, 0) is 9.53 Å². The molecule has 0 aliphatic carbocycles. The first-order chi connectivity index (χ1) is 12.7. The fourth-order valence-corrected chi connectivity index (χ4v) is 3.74. The van der Waals surface area contributed by atoms with Gasteiger partial charge in [0, 0.05) is 43.4 Å². The van der Waals surface area contributed by atoms with Crippen LogP contribution in [0.1, 0.15) is 33.6 Å². The summed E-state index contributed by atoms with van der Waals surface area (Å²) in [6.45, 7) is 8.95. The molecule has 6 nitrogen and oxygen atoms in total. The van der Waals surface area contributed by atoms with Crippen molar-refractivity contribution in [2.24, 2.45) is 0 Å². The number of piperazine rings is 1. The van der Waals surface area contributed by atoms with Crippen molar-refractivity contribution in [3.8, 4) is 0 Å². The molecule has 2 heterocycles. The molecule has 2 aliphatic heterocycles. The lowest BCUT2D eigenvalue weighted by atomic mass is 10.1. The summed E-state index contributed by atoms with van der Waals surface area (Å²) in [5, 5.41) is 0.719. The number of anilines is 1. The molecule has 0 saturated carbocycles. The Balaban J connectivity index is 1.58. The smallest absolute Gasteiger partial charge is 0.410 e. The maximum Gasteiger partial charge on any atom is 0.410 e. The van der Waals surface area contributed by atoms with Gasteiger partial charge in [0.25, 0.3) is 0 Å². The summed E-state index contributed by atoms with van der Waals surface area (Å²) in [6.07, 6.45) is 1.15. The van der Waals surface area contributed by atoms with E-state index in [-0.39, 0.29) is 5.91 Å². The lowest BCUT2D eigenvalue weighted by Gasteiger charge is -2.38. The summed E-state index contributed by atoms with van der Waals surface area (Å²) in [6, 6.07) is 7.36. The summed E-state index contributed by atoms with van der Waals surface area (Å²) in [5.74, 6) is 0.0362. The fourth-order valence-electron chi connectivity index (χ4n) is 3.61. The number of ether oxygens (including phenoxy) is 1. The van der Waals surface area contributed by atoms with E-state index >= 15 is 0 Å². The molecule has 0 radical (unpaired) electrons. The first-order valence-corrected chi connectivity index (χ1v) is 9.91. The molecule has 2 saturated heterocycles. The second kappa shape index (κ2) is 7.97. The van der Waals surface area contributed by atoms with Gasteiger partial charge in [-0.2, -0.15) is 0 Å². The maximum absolute atomic E-state index is 13.0. The van der Waals surface area contributed by atoms with Gasteiger partial charge in [0.1, 0.15) is 11.6 Å². The SMILES string of the molecule is CC(C)(C)OC(=O)N1CCC[C@H]1C(=O)N1CCN(c2ccc(Cl)cc2)CC1. The number of benzene rings is 1. The van der Waals surface area contributed by atoms with Crippen molar-refractivity contribution < 1.29 is 14.3 Å². The van der Waals surface area contributed by atoms with E-state index in [1.807, 2.05) is 49.9 Å². The summed E-state index contributed by atoms with van der Waals surface area (Å²) in [7, 11) is 0. The van der Waals surface area contributed by atoms with Gasteiger partial charge >= 0.3 is 6.09 Å². The average Bonchev–Trinajstić information content (AvgIpc) is 3.10. The topological polar surface area (TPSA) is 53.1 Å². The van der Waals surface area contributed by atoms with Crippen LogP contribution in [0.3, 0.4) is 0 Å². The van der Waals surface area contributed by atoms with Gasteiger partial charge in [0.2, 0.25) is 5.91 Å². The van der Waals surface area contributed by atoms with Gasteiger partial charge in [-0.05, 0) is 57.9 Å². The highest BCUT2D eigenvalue weighted by Gasteiger charge is 2.39. The highest BCUT2D eigenvalue weighted by molar-refractivity contribution is 6.30. The monoisotopic (exact) mass is 393 g/mol. The Morgan fingerprint density at radius 3 is 2.26 bits per heavy atom. The minimum Gasteiger partial charge on any atom is -0.444 e. The fraction of sp³-hybridized carbons (Fsp3) is 0.600. The van der Waals surface area contributed by atoms with Gasteiger partial charge in [-0.25, -0.2) is 4.79 Å². The molecule has 2 fully saturated rings. The highest BCUT2D eigenvalue weighted by Crippen LogP contribution is 2.24. The van der Waals surface area contributed by atoms with E-state index < -0.39 is 17.7 Å². The highest BCUT2D eigenvalue weighted by atomic mass is 35.5. The van der Waals surface area contributed by atoms with Crippen LogP contribution in [-0.4, -0.2) is 66.2 Å².